The van der Waals surface area contributed by atoms with Crippen LogP contribution in [0.3, 0.4) is 0 Å². The van der Waals surface area contributed by atoms with Crippen molar-refractivity contribution < 1.29 is 14.5 Å². The Hall–Kier alpha value is -3.67. The minimum Gasteiger partial charge on any atom is -0.457 e. The topological polar surface area (TPSA) is 81.5 Å². The lowest BCUT2D eigenvalue weighted by atomic mass is 10.1. The highest BCUT2D eigenvalue weighted by molar-refractivity contribution is 5.94. The standard InChI is InChI=1S/C21H18N2O4/c1-15(16-5-3-2-4-6-16)22-21(24)17-7-11-19(12-8-17)27-20-13-9-18(10-14-20)23(25)26/h2-15H,1H3,(H,22,24)/t15-/m1/s1. The third-order valence-corrected chi connectivity index (χ3v) is 4.05. The van der Waals surface area contributed by atoms with Gasteiger partial charge >= 0.3 is 0 Å². The third kappa shape index (κ3) is 4.70. The molecule has 0 unspecified atom stereocenters. The molecule has 0 radical (unpaired) electrons. The Morgan fingerprint density at radius 3 is 2.04 bits per heavy atom. The Balaban J connectivity index is 1.62. The Morgan fingerprint density at radius 1 is 0.926 bits per heavy atom. The van der Waals surface area contributed by atoms with Crippen LogP contribution in [0, 0.1) is 10.1 Å². The summed E-state index contributed by atoms with van der Waals surface area (Å²) < 4.78 is 5.64. The van der Waals surface area contributed by atoms with Crippen LogP contribution in [0.1, 0.15) is 28.9 Å². The smallest absolute Gasteiger partial charge is 0.269 e. The zero-order valence-electron chi connectivity index (χ0n) is 14.7. The molecule has 0 aliphatic heterocycles. The van der Waals surface area contributed by atoms with Gasteiger partial charge in [0.05, 0.1) is 11.0 Å². The van der Waals surface area contributed by atoms with Crippen LogP contribution in [-0.2, 0) is 0 Å². The second-order valence-corrected chi connectivity index (χ2v) is 5.98. The van der Waals surface area contributed by atoms with Gasteiger partial charge < -0.3 is 10.1 Å². The molecule has 0 heterocycles. The number of benzene rings is 3. The van der Waals surface area contributed by atoms with Crippen LogP contribution >= 0.6 is 0 Å². The first-order valence-electron chi connectivity index (χ1n) is 8.41. The molecule has 1 amide bonds. The zero-order chi connectivity index (χ0) is 19.2. The molecule has 0 aliphatic rings. The summed E-state index contributed by atoms with van der Waals surface area (Å²) in [7, 11) is 0. The quantitative estimate of drug-likeness (QED) is 0.500. The van der Waals surface area contributed by atoms with Gasteiger partial charge in [-0.15, -0.1) is 0 Å². The van der Waals surface area contributed by atoms with Crippen molar-refractivity contribution in [3.63, 3.8) is 0 Å². The lowest BCUT2D eigenvalue weighted by Gasteiger charge is -2.14. The monoisotopic (exact) mass is 362 g/mol. The molecule has 0 bridgehead atoms. The van der Waals surface area contributed by atoms with Crippen LogP contribution in [0.15, 0.2) is 78.9 Å². The molecule has 27 heavy (non-hydrogen) atoms. The lowest BCUT2D eigenvalue weighted by Crippen LogP contribution is -2.26. The maximum Gasteiger partial charge on any atom is 0.269 e. The third-order valence-electron chi connectivity index (χ3n) is 4.05. The fourth-order valence-corrected chi connectivity index (χ4v) is 2.55. The summed E-state index contributed by atoms with van der Waals surface area (Å²) in [6, 6.07) is 22.2. The maximum absolute atomic E-state index is 12.4. The van der Waals surface area contributed by atoms with E-state index in [9.17, 15) is 14.9 Å². The minimum absolute atomic E-state index is 0.00176. The molecule has 1 atom stereocenters. The van der Waals surface area contributed by atoms with E-state index in [1.165, 1.54) is 24.3 Å². The lowest BCUT2D eigenvalue weighted by molar-refractivity contribution is -0.384. The van der Waals surface area contributed by atoms with E-state index in [-0.39, 0.29) is 17.6 Å². The van der Waals surface area contributed by atoms with Crippen molar-refractivity contribution in [2.45, 2.75) is 13.0 Å². The SMILES string of the molecule is C[C@@H](NC(=O)c1ccc(Oc2ccc([N+](=O)[O-])cc2)cc1)c1ccccc1. The van der Waals surface area contributed by atoms with Gasteiger partial charge in [-0.05, 0) is 48.9 Å². The van der Waals surface area contributed by atoms with E-state index < -0.39 is 4.92 Å². The van der Waals surface area contributed by atoms with Gasteiger partial charge in [0.25, 0.3) is 11.6 Å². The Labute approximate surface area is 156 Å². The summed E-state index contributed by atoms with van der Waals surface area (Å²) in [5.41, 5.74) is 1.56. The van der Waals surface area contributed by atoms with Crippen LogP contribution in [-0.4, -0.2) is 10.8 Å². The minimum atomic E-state index is -0.465. The molecule has 1 N–H and O–H groups in total. The summed E-state index contributed by atoms with van der Waals surface area (Å²) in [6.45, 7) is 1.93. The molecule has 0 aromatic heterocycles. The second-order valence-electron chi connectivity index (χ2n) is 5.98. The van der Waals surface area contributed by atoms with Crippen molar-refractivity contribution in [1.82, 2.24) is 5.32 Å². The average Bonchev–Trinajstić information content (AvgIpc) is 2.69. The predicted octanol–water partition coefficient (Wildman–Crippen LogP) is 4.88. The van der Waals surface area contributed by atoms with E-state index in [2.05, 4.69) is 5.32 Å². The van der Waals surface area contributed by atoms with Crippen molar-refractivity contribution in [2.24, 2.45) is 0 Å². The highest BCUT2D eigenvalue weighted by Gasteiger charge is 2.11. The molecule has 0 fully saturated rings. The van der Waals surface area contributed by atoms with Crippen molar-refractivity contribution in [2.75, 3.05) is 0 Å². The second kappa shape index (κ2) is 8.14. The summed E-state index contributed by atoms with van der Waals surface area (Å²) in [5, 5.41) is 13.6. The predicted molar refractivity (Wildman–Crippen MR) is 102 cm³/mol. The molecule has 3 rings (SSSR count). The molecule has 6 heteroatoms. The Kier molecular flexibility index (Phi) is 5.47. The normalized spacial score (nSPS) is 11.4. The van der Waals surface area contributed by atoms with Crippen LogP contribution in [0.4, 0.5) is 5.69 Å². The molecule has 6 nitrogen and oxygen atoms in total. The number of carbonyl (C=O) groups excluding carboxylic acids is 1. The molecular formula is C21H18N2O4. The fourth-order valence-electron chi connectivity index (χ4n) is 2.55. The summed E-state index contributed by atoms with van der Waals surface area (Å²) in [4.78, 5) is 22.6. The van der Waals surface area contributed by atoms with E-state index >= 15 is 0 Å². The molecule has 0 spiro atoms. The van der Waals surface area contributed by atoms with Gasteiger partial charge in [-0.2, -0.15) is 0 Å². The number of hydrogen-bond donors (Lipinski definition) is 1. The van der Waals surface area contributed by atoms with Crippen molar-refractivity contribution in [3.05, 3.63) is 100 Å². The van der Waals surface area contributed by atoms with Crippen LogP contribution < -0.4 is 10.1 Å². The number of nitro benzene ring substituents is 1. The highest BCUT2D eigenvalue weighted by Crippen LogP contribution is 2.24. The van der Waals surface area contributed by atoms with E-state index in [1.54, 1.807) is 24.3 Å². The maximum atomic E-state index is 12.4. The first kappa shape index (κ1) is 18.1. The molecule has 136 valence electrons. The first-order chi connectivity index (χ1) is 13.0. The number of ether oxygens (including phenoxy) is 1. The number of hydrogen-bond acceptors (Lipinski definition) is 4. The number of rotatable bonds is 6. The fraction of sp³-hybridized carbons (Fsp3) is 0.0952. The molecule has 0 saturated carbocycles. The van der Waals surface area contributed by atoms with Gasteiger partial charge in [0.15, 0.2) is 0 Å². The zero-order valence-corrected chi connectivity index (χ0v) is 14.7. The number of non-ortho nitro benzene ring substituents is 1. The largest absolute Gasteiger partial charge is 0.457 e. The van der Waals surface area contributed by atoms with E-state index in [4.69, 9.17) is 4.74 Å². The molecule has 3 aromatic rings. The number of nitro groups is 1. The molecule has 0 aliphatic carbocycles. The molecule has 3 aromatic carbocycles. The van der Waals surface area contributed by atoms with E-state index in [0.717, 1.165) is 5.56 Å². The van der Waals surface area contributed by atoms with Gasteiger partial charge in [-0.25, -0.2) is 0 Å². The summed E-state index contributed by atoms with van der Waals surface area (Å²) in [6.07, 6.45) is 0. The van der Waals surface area contributed by atoms with E-state index in [0.29, 0.717) is 17.1 Å². The number of nitrogens with one attached hydrogen (secondary N) is 1. The Bertz CT molecular complexity index is 923. The van der Waals surface area contributed by atoms with Gasteiger partial charge in [0.2, 0.25) is 0 Å². The average molecular weight is 362 g/mol. The van der Waals surface area contributed by atoms with Crippen LogP contribution in [0.5, 0.6) is 11.5 Å². The first-order valence-corrected chi connectivity index (χ1v) is 8.41. The Morgan fingerprint density at radius 2 is 1.48 bits per heavy atom. The van der Waals surface area contributed by atoms with E-state index in [1.807, 2.05) is 37.3 Å². The number of carbonyl (C=O) groups is 1. The van der Waals surface area contributed by atoms with Crippen LogP contribution in [0.2, 0.25) is 0 Å². The van der Waals surface area contributed by atoms with Gasteiger partial charge in [-0.3, -0.25) is 14.9 Å². The molecular weight excluding hydrogens is 344 g/mol. The number of nitrogens with zero attached hydrogens (tertiary/aromatic N) is 1. The summed E-state index contributed by atoms with van der Waals surface area (Å²) in [5.74, 6) is 0.847. The highest BCUT2D eigenvalue weighted by atomic mass is 16.6. The van der Waals surface area contributed by atoms with Gasteiger partial charge in [0, 0.05) is 17.7 Å². The summed E-state index contributed by atoms with van der Waals surface area (Å²) >= 11 is 0. The van der Waals surface area contributed by atoms with Gasteiger partial charge in [0.1, 0.15) is 11.5 Å². The van der Waals surface area contributed by atoms with Gasteiger partial charge in [-0.1, -0.05) is 30.3 Å². The van der Waals surface area contributed by atoms with Crippen molar-refractivity contribution in [1.29, 1.82) is 0 Å². The molecule has 0 saturated heterocycles. The van der Waals surface area contributed by atoms with Crippen molar-refractivity contribution >= 4 is 11.6 Å². The van der Waals surface area contributed by atoms with Crippen LogP contribution in [0.25, 0.3) is 0 Å². The number of amides is 1. The van der Waals surface area contributed by atoms with Crippen molar-refractivity contribution in [3.8, 4) is 11.5 Å².